The molecule has 0 aromatic heterocycles. The maximum Gasteiger partial charge on any atom is 0.338 e. The molecule has 0 aliphatic rings. The second-order valence-corrected chi connectivity index (χ2v) is 3.84. The van der Waals surface area contributed by atoms with E-state index in [1.165, 1.54) is 13.1 Å². The van der Waals surface area contributed by atoms with Crippen molar-refractivity contribution in [3.63, 3.8) is 0 Å². The van der Waals surface area contributed by atoms with Crippen LogP contribution < -0.4 is 4.72 Å². The first kappa shape index (κ1) is 10.8. The number of nitrogens with one attached hydrogen (secondary N) is 1. The molecule has 6 heteroatoms. The highest BCUT2D eigenvalue weighted by Gasteiger charge is 2.12. The van der Waals surface area contributed by atoms with Crippen LogP contribution in [0.4, 0.5) is 4.39 Å². The van der Waals surface area contributed by atoms with Crippen molar-refractivity contribution in [1.82, 2.24) is 4.72 Å². The lowest BCUT2D eigenvalue weighted by Gasteiger charge is -2.02. The fourth-order valence-electron chi connectivity index (χ4n) is 0.901. The van der Waals surface area contributed by atoms with Crippen LogP contribution in [-0.4, -0.2) is 22.3 Å². The van der Waals surface area contributed by atoms with E-state index in [2.05, 4.69) is 4.72 Å². The fourth-order valence-corrected chi connectivity index (χ4v) is 1.55. The Morgan fingerprint density at radius 2 is 2.21 bits per heavy atom. The molecule has 0 heterocycles. The molecule has 0 aliphatic carbocycles. The number of rotatable bonds is 3. The summed E-state index contributed by atoms with van der Waals surface area (Å²) in [5.41, 5.74) is -0.480. The fraction of sp³-hybridized carbons (Fsp3) is 0.125. The molecule has 1 atom stereocenters. The highest BCUT2D eigenvalue weighted by molar-refractivity contribution is 7.83. The van der Waals surface area contributed by atoms with Crippen LogP contribution in [-0.2, 0) is 11.0 Å². The average molecular weight is 217 g/mol. The van der Waals surface area contributed by atoms with Crippen LogP contribution >= 0.6 is 0 Å². The third kappa shape index (κ3) is 2.15. The van der Waals surface area contributed by atoms with E-state index < -0.39 is 28.3 Å². The molecule has 0 bridgehead atoms. The summed E-state index contributed by atoms with van der Waals surface area (Å²) >= 11 is 0. The zero-order valence-corrected chi connectivity index (χ0v) is 8.10. The Kier molecular flexibility index (Phi) is 3.32. The molecule has 1 aromatic carbocycles. The maximum atomic E-state index is 12.9. The van der Waals surface area contributed by atoms with Gasteiger partial charge >= 0.3 is 5.97 Å². The molecule has 2 N–H and O–H groups in total. The van der Waals surface area contributed by atoms with Gasteiger partial charge in [-0.3, -0.25) is 0 Å². The van der Waals surface area contributed by atoms with E-state index in [1.807, 2.05) is 0 Å². The van der Waals surface area contributed by atoms with Gasteiger partial charge in [0.25, 0.3) is 0 Å². The van der Waals surface area contributed by atoms with Gasteiger partial charge in [0.1, 0.15) is 16.8 Å². The lowest BCUT2D eigenvalue weighted by atomic mass is 10.2. The molecule has 14 heavy (non-hydrogen) atoms. The molecule has 1 unspecified atom stereocenters. The molecule has 4 nitrogen and oxygen atoms in total. The van der Waals surface area contributed by atoms with Crippen molar-refractivity contribution in [3.8, 4) is 0 Å². The molecule has 0 saturated carbocycles. The standard InChI is InChI=1S/C8H8FNO3S/c1-10-14(13)5-2-3-7(9)6(4-5)8(11)12/h2-4,10H,1H3,(H,11,12). The van der Waals surface area contributed by atoms with Crippen molar-refractivity contribution in [2.24, 2.45) is 0 Å². The van der Waals surface area contributed by atoms with Gasteiger partial charge in [0.2, 0.25) is 0 Å². The number of benzene rings is 1. The van der Waals surface area contributed by atoms with Crippen LogP contribution in [0, 0.1) is 5.82 Å². The number of hydrogen-bond acceptors (Lipinski definition) is 2. The van der Waals surface area contributed by atoms with E-state index >= 15 is 0 Å². The summed E-state index contributed by atoms with van der Waals surface area (Å²) in [6.07, 6.45) is 0. The molecule has 0 radical (unpaired) electrons. The Hall–Kier alpha value is -1.27. The zero-order valence-electron chi connectivity index (χ0n) is 7.28. The van der Waals surface area contributed by atoms with Gasteiger partial charge < -0.3 is 5.11 Å². The van der Waals surface area contributed by atoms with E-state index in [1.54, 1.807) is 0 Å². The van der Waals surface area contributed by atoms with E-state index in [4.69, 9.17) is 5.11 Å². The lowest BCUT2D eigenvalue weighted by molar-refractivity contribution is 0.0691. The Morgan fingerprint density at radius 1 is 1.57 bits per heavy atom. The van der Waals surface area contributed by atoms with Gasteiger partial charge in [-0.15, -0.1) is 0 Å². The van der Waals surface area contributed by atoms with Crippen LogP contribution in [0.15, 0.2) is 23.1 Å². The molecule has 0 amide bonds. The second-order valence-electron chi connectivity index (χ2n) is 2.42. The number of hydrogen-bond donors (Lipinski definition) is 2. The molecular weight excluding hydrogens is 209 g/mol. The predicted octanol–water partition coefficient (Wildman–Crippen LogP) is 0.766. The number of carboxylic acids is 1. The van der Waals surface area contributed by atoms with E-state index in [-0.39, 0.29) is 4.90 Å². The highest BCUT2D eigenvalue weighted by Crippen LogP contribution is 2.12. The largest absolute Gasteiger partial charge is 0.478 e. The molecule has 0 fully saturated rings. The van der Waals surface area contributed by atoms with Gasteiger partial charge in [-0.2, -0.15) is 0 Å². The molecule has 0 saturated heterocycles. The summed E-state index contributed by atoms with van der Waals surface area (Å²) in [5.74, 6) is -2.22. The average Bonchev–Trinajstić information content (AvgIpc) is 2.17. The maximum absolute atomic E-state index is 12.9. The predicted molar refractivity (Wildman–Crippen MR) is 48.8 cm³/mol. The van der Waals surface area contributed by atoms with E-state index in [0.717, 1.165) is 12.1 Å². The van der Waals surface area contributed by atoms with Crippen molar-refractivity contribution in [2.45, 2.75) is 4.90 Å². The first-order valence-corrected chi connectivity index (χ1v) is 4.83. The number of carboxylic acid groups (broad SMARTS) is 1. The molecule has 1 aromatic rings. The lowest BCUT2D eigenvalue weighted by Crippen LogP contribution is -2.12. The van der Waals surface area contributed by atoms with Crippen LogP contribution in [0.1, 0.15) is 10.4 Å². The van der Waals surface area contributed by atoms with Crippen LogP contribution in [0.5, 0.6) is 0 Å². The zero-order chi connectivity index (χ0) is 10.7. The van der Waals surface area contributed by atoms with Crippen LogP contribution in [0.25, 0.3) is 0 Å². The number of halogens is 1. The van der Waals surface area contributed by atoms with Crippen molar-refractivity contribution in [3.05, 3.63) is 29.6 Å². The minimum atomic E-state index is -1.51. The third-order valence-corrected chi connectivity index (χ3v) is 2.62. The summed E-state index contributed by atoms with van der Waals surface area (Å²) < 4.78 is 26.5. The minimum Gasteiger partial charge on any atom is -0.478 e. The third-order valence-electron chi connectivity index (χ3n) is 1.57. The highest BCUT2D eigenvalue weighted by atomic mass is 32.2. The SMILES string of the molecule is CNS(=O)c1ccc(F)c(C(=O)O)c1. The monoisotopic (exact) mass is 217 g/mol. The summed E-state index contributed by atoms with van der Waals surface area (Å²) in [4.78, 5) is 10.8. The first-order chi connectivity index (χ1) is 6.56. The minimum absolute atomic E-state index is 0.228. The molecule has 1 rings (SSSR count). The summed E-state index contributed by atoms with van der Waals surface area (Å²) in [6, 6.07) is 3.30. The topological polar surface area (TPSA) is 66.4 Å². The Bertz CT molecular complexity index is 394. The van der Waals surface area contributed by atoms with Gasteiger partial charge in [0, 0.05) is 0 Å². The van der Waals surface area contributed by atoms with Crippen molar-refractivity contribution < 1.29 is 18.5 Å². The molecule has 0 spiro atoms. The smallest absolute Gasteiger partial charge is 0.338 e. The van der Waals surface area contributed by atoms with E-state index in [9.17, 15) is 13.4 Å². The Morgan fingerprint density at radius 3 is 2.71 bits per heavy atom. The Balaban J connectivity index is 3.19. The number of aromatic carboxylic acids is 1. The van der Waals surface area contributed by atoms with Gasteiger partial charge in [-0.25, -0.2) is 18.1 Å². The normalized spacial score (nSPS) is 12.4. The molecule has 76 valence electrons. The van der Waals surface area contributed by atoms with Crippen molar-refractivity contribution in [2.75, 3.05) is 7.05 Å². The summed E-state index contributed by atoms with van der Waals surface area (Å²) in [7, 11) is -0.0472. The number of carbonyl (C=O) groups is 1. The van der Waals surface area contributed by atoms with E-state index in [0.29, 0.717) is 0 Å². The van der Waals surface area contributed by atoms with Crippen molar-refractivity contribution in [1.29, 1.82) is 0 Å². The molecular formula is C8H8FNO3S. The summed E-state index contributed by atoms with van der Waals surface area (Å²) in [6.45, 7) is 0. The quantitative estimate of drug-likeness (QED) is 0.785. The first-order valence-electron chi connectivity index (χ1n) is 3.68. The van der Waals surface area contributed by atoms with Crippen LogP contribution in [0.2, 0.25) is 0 Å². The Labute approximate surface area is 82.3 Å². The van der Waals surface area contributed by atoms with Crippen LogP contribution in [0.3, 0.4) is 0 Å². The summed E-state index contributed by atoms with van der Waals surface area (Å²) in [5, 5.41) is 8.59. The van der Waals surface area contributed by atoms with Crippen molar-refractivity contribution >= 4 is 17.0 Å². The molecule has 0 aliphatic heterocycles. The second kappa shape index (κ2) is 4.30. The van der Waals surface area contributed by atoms with Gasteiger partial charge in [0.05, 0.1) is 10.5 Å². The van der Waals surface area contributed by atoms with Gasteiger partial charge in [-0.05, 0) is 25.2 Å². The van der Waals surface area contributed by atoms with Gasteiger partial charge in [0.15, 0.2) is 0 Å². The van der Waals surface area contributed by atoms with Gasteiger partial charge in [-0.1, -0.05) is 0 Å².